The summed E-state index contributed by atoms with van der Waals surface area (Å²) in [5.41, 5.74) is 6.71. The van der Waals surface area contributed by atoms with E-state index in [2.05, 4.69) is 43.9 Å². The molecule has 1 aliphatic carbocycles. The van der Waals surface area contributed by atoms with Gasteiger partial charge in [-0.3, -0.25) is 0 Å². The number of allylic oxidation sites excluding steroid dienone is 5. The maximum atomic E-state index is 4.14. The van der Waals surface area contributed by atoms with Crippen molar-refractivity contribution < 1.29 is 0 Å². The standard InChI is InChI=1S/C15H16/c1-4-5-8-13-12(3)10-15-11(2)7-6-9-14(13)15/h4-9H,3,10H2,1-2H3/b5-4-,13-8+. The summed E-state index contributed by atoms with van der Waals surface area (Å²) in [7, 11) is 0. The van der Waals surface area contributed by atoms with E-state index in [1.165, 1.54) is 27.8 Å². The van der Waals surface area contributed by atoms with E-state index < -0.39 is 0 Å². The lowest BCUT2D eigenvalue weighted by Crippen LogP contribution is -1.85. The Morgan fingerprint density at radius 3 is 2.87 bits per heavy atom. The second-order valence-corrected chi connectivity index (χ2v) is 3.99. The van der Waals surface area contributed by atoms with Crippen LogP contribution in [0.4, 0.5) is 0 Å². The molecule has 2 rings (SSSR count). The number of fused-ring (bicyclic) bond motifs is 1. The number of aryl methyl sites for hydroxylation is 1. The Labute approximate surface area is 91.6 Å². The lowest BCUT2D eigenvalue weighted by Gasteiger charge is -2.02. The highest BCUT2D eigenvalue weighted by molar-refractivity contribution is 5.86. The summed E-state index contributed by atoms with van der Waals surface area (Å²) in [6.07, 6.45) is 7.30. The first kappa shape index (κ1) is 9.97. The molecule has 76 valence electrons. The van der Waals surface area contributed by atoms with Crippen molar-refractivity contribution in [2.24, 2.45) is 0 Å². The summed E-state index contributed by atoms with van der Waals surface area (Å²) in [4.78, 5) is 0. The quantitative estimate of drug-likeness (QED) is 0.635. The van der Waals surface area contributed by atoms with Crippen molar-refractivity contribution in [2.75, 3.05) is 0 Å². The molecule has 0 fully saturated rings. The zero-order valence-electron chi connectivity index (χ0n) is 9.38. The molecular weight excluding hydrogens is 180 g/mol. The summed E-state index contributed by atoms with van der Waals surface area (Å²) in [5.74, 6) is 0. The first-order valence-electron chi connectivity index (χ1n) is 5.34. The SMILES string of the molecule is C=C1Cc2c(C)cccc2/C1=C/C=C\C. The van der Waals surface area contributed by atoms with Gasteiger partial charge >= 0.3 is 0 Å². The topological polar surface area (TPSA) is 0 Å². The van der Waals surface area contributed by atoms with E-state index in [0.29, 0.717) is 0 Å². The van der Waals surface area contributed by atoms with Gasteiger partial charge in [0.05, 0.1) is 0 Å². The van der Waals surface area contributed by atoms with Crippen LogP contribution in [0.2, 0.25) is 0 Å². The van der Waals surface area contributed by atoms with Gasteiger partial charge in [0.1, 0.15) is 0 Å². The van der Waals surface area contributed by atoms with Crippen LogP contribution >= 0.6 is 0 Å². The van der Waals surface area contributed by atoms with Crippen LogP contribution in [0.25, 0.3) is 5.57 Å². The maximum Gasteiger partial charge on any atom is -0.00167 e. The van der Waals surface area contributed by atoms with E-state index in [9.17, 15) is 0 Å². The Hall–Kier alpha value is -1.56. The number of hydrogen-bond acceptors (Lipinski definition) is 0. The molecule has 0 heterocycles. The van der Waals surface area contributed by atoms with Crippen molar-refractivity contribution in [3.05, 3.63) is 65.3 Å². The van der Waals surface area contributed by atoms with Crippen LogP contribution in [0.3, 0.4) is 0 Å². The van der Waals surface area contributed by atoms with Crippen molar-refractivity contribution in [1.29, 1.82) is 0 Å². The van der Waals surface area contributed by atoms with Crippen molar-refractivity contribution in [3.8, 4) is 0 Å². The molecule has 0 N–H and O–H groups in total. The Morgan fingerprint density at radius 2 is 2.13 bits per heavy atom. The van der Waals surface area contributed by atoms with Crippen molar-refractivity contribution in [3.63, 3.8) is 0 Å². The number of rotatable bonds is 1. The van der Waals surface area contributed by atoms with Crippen LogP contribution < -0.4 is 0 Å². The predicted molar refractivity (Wildman–Crippen MR) is 66.8 cm³/mol. The van der Waals surface area contributed by atoms with E-state index in [4.69, 9.17) is 0 Å². The normalized spacial score (nSPS) is 17.7. The van der Waals surface area contributed by atoms with E-state index in [1.54, 1.807) is 0 Å². The van der Waals surface area contributed by atoms with Gasteiger partial charge in [0, 0.05) is 0 Å². The van der Waals surface area contributed by atoms with Gasteiger partial charge in [-0.2, -0.15) is 0 Å². The maximum absolute atomic E-state index is 4.14. The molecule has 1 aromatic carbocycles. The van der Waals surface area contributed by atoms with Crippen molar-refractivity contribution >= 4 is 5.57 Å². The van der Waals surface area contributed by atoms with Crippen LogP contribution in [0.5, 0.6) is 0 Å². The van der Waals surface area contributed by atoms with Gasteiger partial charge < -0.3 is 0 Å². The predicted octanol–water partition coefficient (Wildman–Crippen LogP) is 4.07. The third-order valence-electron chi connectivity index (χ3n) is 2.93. The second kappa shape index (κ2) is 3.90. The summed E-state index contributed by atoms with van der Waals surface area (Å²) >= 11 is 0. The molecule has 15 heavy (non-hydrogen) atoms. The summed E-state index contributed by atoms with van der Waals surface area (Å²) in [5, 5.41) is 0. The van der Waals surface area contributed by atoms with E-state index >= 15 is 0 Å². The smallest absolute Gasteiger partial charge is 0.00167 e. The van der Waals surface area contributed by atoms with Crippen LogP contribution in [-0.4, -0.2) is 0 Å². The first-order valence-corrected chi connectivity index (χ1v) is 5.34. The summed E-state index contributed by atoms with van der Waals surface area (Å²) in [6.45, 7) is 8.35. The fourth-order valence-corrected chi connectivity index (χ4v) is 2.09. The monoisotopic (exact) mass is 196 g/mol. The highest BCUT2D eigenvalue weighted by atomic mass is 14.2. The molecule has 0 amide bonds. The third kappa shape index (κ3) is 1.68. The van der Waals surface area contributed by atoms with Crippen LogP contribution in [0.15, 0.2) is 48.6 Å². The lowest BCUT2D eigenvalue weighted by molar-refractivity contribution is 1.22. The highest BCUT2D eigenvalue weighted by Gasteiger charge is 2.19. The van der Waals surface area contributed by atoms with E-state index in [1.807, 2.05) is 13.0 Å². The van der Waals surface area contributed by atoms with Gasteiger partial charge in [-0.25, -0.2) is 0 Å². The fraction of sp³-hybridized carbons (Fsp3) is 0.200. The Morgan fingerprint density at radius 1 is 1.33 bits per heavy atom. The van der Waals surface area contributed by atoms with Gasteiger partial charge in [-0.15, -0.1) is 0 Å². The summed E-state index contributed by atoms with van der Waals surface area (Å²) in [6, 6.07) is 6.48. The zero-order valence-corrected chi connectivity index (χ0v) is 9.38. The van der Waals surface area contributed by atoms with Gasteiger partial charge in [0.25, 0.3) is 0 Å². The Kier molecular flexibility index (Phi) is 2.59. The van der Waals surface area contributed by atoms with Crippen molar-refractivity contribution in [1.82, 2.24) is 0 Å². The second-order valence-electron chi connectivity index (χ2n) is 3.99. The average molecular weight is 196 g/mol. The Balaban J connectivity index is 2.56. The molecule has 0 radical (unpaired) electrons. The molecule has 0 spiro atoms. The number of benzene rings is 1. The molecule has 0 nitrogen and oxygen atoms in total. The molecule has 0 unspecified atom stereocenters. The minimum atomic E-state index is 1.01. The van der Waals surface area contributed by atoms with E-state index in [-0.39, 0.29) is 0 Å². The molecular formula is C15H16. The Bertz CT molecular complexity index is 459. The summed E-state index contributed by atoms with van der Waals surface area (Å²) < 4.78 is 0. The highest BCUT2D eigenvalue weighted by Crippen LogP contribution is 2.37. The number of hydrogen-bond donors (Lipinski definition) is 0. The fourth-order valence-electron chi connectivity index (χ4n) is 2.09. The molecule has 0 aromatic heterocycles. The van der Waals surface area contributed by atoms with Crippen LogP contribution in [-0.2, 0) is 6.42 Å². The van der Waals surface area contributed by atoms with Gasteiger partial charge in [-0.05, 0) is 48.1 Å². The minimum absolute atomic E-state index is 1.01. The molecule has 1 aliphatic rings. The lowest BCUT2D eigenvalue weighted by atomic mass is 10.0. The molecule has 0 atom stereocenters. The molecule has 0 heteroatoms. The van der Waals surface area contributed by atoms with Gasteiger partial charge in [-0.1, -0.05) is 43.0 Å². The zero-order chi connectivity index (χ0) is 10.8. The third-order valence-corrected chi connectivity index (χ3v) is 2.93. The molecule has 0 saturated heterocycles. The minimum Gasteiger partial charge on any atom is -0.0949 e. The molecule has 1 aromatic rings. The van der Waals surface area contributed by atoms with Crippen LogP contribution in [0, 0.1) is 6.92 Å². The average Bonchev–Trinajstić information content (AvgIpc) is 2.54. The largest absolute Gasteiger partial charge is 0.0949 e. The van der Waals surface area contributed by atoms with Gasteiger partial charge in [0.15, 0.2) is 0 Å². The molecule has 0 aliphatic heterocycles. The van der Waals surface area contributed by atoms with E-state index in [0.717, 1.165) is 6.42 Å². The van der Waals surface area contributed by atoms with Crippen LogP contribution in [0.1, 0.15) is 23.6 Å². The van der Waals surface area contributed by atoms with Crippen molar-refractivity contribution in [2.45, 2.75) is 20.3 Å². The molecule has 0 bridgehead atoms. The van der Waals surface area contributed by atoms with Gasteiger partial charge in [0.2, 0.25) is 0 Å². The first-order chi connectivity index (χ1) is 7.24. The molecule has 0 saturated carbocycles.